The number of rotatable bonds is 4. The van der Waals surface area contributed by atoms with Crippen molar-refractivity contribution in [1.29, 1.82) is 0 Å². The molecule has 1 unspecified atom stereocenters. The largest absolute Gasteiger partial charge is 0.381 e. The first-order valence-electron chi connectivity index (χ1n) is 6.46. The first-order valence-corrected chi connectivity index (χ1v) is 6.46. The van der Waals surface area contributed by atoms with Gasteiger partial charge in [0.25, 0.3) is 0 Å². The van der Waals surface area contributed by atoms with Crippen molar-refractivity contribution < 1.29 is 9.13 Å². The van der Waals surface area contributed by atoms with Crippen molar-refractivity contribution in [2.24, 2.45) is 5.73 Å². The minimum absolute atomic E-state index is 0.211. The Morgan fingerprint density at radius 1 is 1.39 bits per heavy atom. The van der Waals surface area contributed by atoms with Crippen LogP contribution >= 0.6 is 0 Å². The number of benzene rings is 1. The van der Waals surface area contributed by atoms with E-state index in [2.05, 4.69) is 4.90 Å². The molecule has 2 N–H and O–H groups in total. The standard InChI is InChI=1S/C14H21FN2O/c1-18-11-6-8-17(9-7-11)10-14(16)12-4-2-3-5-13(12)15/h2-5,11,14H,6-10,16H2,1H3. The van der Waals surface area contributed by atoms with E-state index in [1.165, 1.54) is 6.07 Å². The minimum atomic E-state index is -0.259. The molecule has 18 heavy (non-hydrogen) atoms. The second-order valence-electron chi connectivity index (χ2n) is 4.86. The Morgan fingerprint density at radius 2 is 2.06 bits per heavy atom. The predicted octanol–water partition coefficient (Wildman–Crippen LogP) is 1.94. The quantitative estimate of drug-likeness (QED) is 0.890. The van der Waals surface area contributed by atoms with Gasteiger partial charge < -0.3 is 15.4 Å². The van der Waals surface area contributed by atoms with Crippen molar-refractivity contribution in [3.05, 3.63) is 35.6 Å². The summed E-state index contributed by atoms with van der Waals surface area (Å²) in [6.07, 6.45) is 2.42. The maximum atomic E-state index is 13.6. The van der Waals surface area contributed by atoms with Gasteiger partial charge in [-0.25, -0.2) is 4.39 Å². The van der Waals surface area contributed by atoms with Crippen molar-refractivity contribution in [1.82, 2.24) is 4.90 Å². The van der Waals surface area contributed by atoms with Crippen molar-refractivity contribution in [2.45, 2.75) is 25.0 Å². The summed E-state index contributed by atoms with van der Waals surface area (Å²) in [5.74, 6) is -0.211. The summed E-state index contributed by atoms with van der Waals surface area (Å²) in [6, 6.07) is 6.49. The highest BCUT2D eigenvalue weighted by atomic mass is 19.1. The Balaban J connectivity index is 1.89. The lowest BCUT2D eigenvalue weighted by molar-refractivity contribution is 0.0394. The zero-order valence-electron chi connectivity index (χ0n) is 10.8. The number of methoxy groups -OCH3 is 1. The van der Waals surface area contributed by atoms with Crippen LogP contribution in [-0.2, 0) is 4.74 Å². The molecule has 0 aliphatic carbocycles. The summed E-state index contributed by atoms with van der Waals surface area (Å²) in [5.41, 5.74) is 6.68. The van der Waals surface area contributed by atoms with Gasteiger partial charge in [-0.3, -0.25) is 0 Å². The van der Waals surface area contributed by atoms with E-state index in [-0.39, 0.29) is 11.9 Å². The Kier molecular flexibility index (Phi) is 4.69. The Bertz CT molecular complexity index is 378. The molecule has 0 saturated carbocycles. The van der Waals surface area contributed by atoms with E-state index >= 15 is 0 Å². The third-order valence-electron chi connectivity index (χ3n) is 3.63. The summed E-state index contributed by atoms with van der Waals surface area (Å²) in [4.78, 5) is 2.28. The molecule has 0 aromatic heterocycles. The van der Waals surface area contributed by atoms with E-state index < -0.39 is 0 Å². The van der Waals surface area contributed by atoms with Gasteiger partial charge >= 0.3 is 0 Å². The number of ether oxygens (including phenoxy) is 1. The highest BCUT2D eigenvalue weighted by Gasteiger charge is 2.21. The van der Waals surface area contributed by atoms with Gasteiger partial charge in [-0.05, 0) is 18.9 Å². The zero-order valence-corrected chi connectivity index (χ0v) is 10.8. The van der Waals surface area contributed by atoms with E-state index in [1.54, 1.807) is 19.2 Å². The van der Waals surface area contributed by atoms with Gasteiger partial charge in [-0.1, -0.05) is 18.2 Å². The highest BCUT2D eigenvalue weighted by molar-refractivity contribution is 5.21. The summed E-state index contributed by atoms with van der Waals surface area (Å²) in [5, 5.41) is 0. The zero-order chi connectivity index (χ0) is 13.0. The molecule has 4 heteroatoms. The molecular formula is C14H21FN2O. The third-order valence-corrected chi connectivity index (χ3v) is 3.63. The van der Waals surface area contributed by atoms with Crippen molar-refractivity contribution in [2.75, 3.05) is 26.7 Å². The van der Waals surface area contributed by atoms with Gasteiger partial charge in [0.05, 0.1) is 6.10 Å². The second-order valence-corrected chi connectivity index (χ2v) is 4.86. The summed E-state index contributed by atoms with van der Waals surface area (Å²) in [7, 11) is 1.76. The summed E-state index contributed by atoms with van der Waals surface area (Å²) >= 11 is 0. The van der Waals surface area contributed by atoms with E-state index in [4.69, 9.17) is 10.5 Å². The number of nitrogens with zero attached hydrogens (tertiary/aromatic N) is 1. The Morgan fingerprint density at radius 3 is 2.67 bits per heavy atom. The summed E-state index contributed by atoms with van der Waals surface area (Å²) in [6.45, 7) is 2.65. The molecule has 100 valence electrons. The van der Waals surface area contributed by atoms with Crippen LogP contribution < -0.4 is 5.73 Å². The van der Waals surface area contributed by atoms with Crippen molar-refractivity contribution in [3.8, 4) is 0 Å². The van der Waals surface area contributed by atoms with E-state index in [0.29, 0.717) is 18.2 Å². The first-order chi connectivity index (χ1) is 8.70. The Hall–Kier alpha value is -0.970. The van der Waals surface area contributed by atoms with E-state index in [9.17, 15) is 4.39 Å². The smallest absolute Gasteiger partial charge is 0.128 e. The molecule has 0 amide bonds. The van der Waals surface area contributed by atoms with Crippen LogP contribution in [-0.4, -0.2) is 37.7 Å². The van der Waals surface area contributed by atoms with Crippen molar-refractivity contribution >= 4 is 0 Å². The van der Waals surface area contributed by atoms with Crippen LogP contribution in [0.5, 0.6) is 0 Å². The maximum Gasteiger partial charge on any atom is 0.128 e. The number of hydrogen-bond donors (Lipinski definition) is 1. The van der Waals surface area contributed by atoms with E-state index in [0.717, 1.165) is 25.9 Å². The van der Waals surface area contributed by atoms with E-state index in [1.807, 2.05) is 6.07 Å². The molecule has 1 saturated heterocycles. The molecule has 1 heterocycles. The molecule has 1 aliphatic rings. The van der Waals surface area contributed by atoms with Crippen LogP contribution in [0.15, 0.2) is 24.3 Å². The maximum absolute atomic E-state index is 13.6. The molecule has 1 aromatic rings. The molecule has 1 aliphatic heterocycles. The van der Waals surface area contributed by atoms with Crippen LogP contribution in [0.4, 0.5) is 4.39 Å². The van der Waals surface area contributed by atoms with Gasteiger partial charge in [0, 0.05) is 38.3 Å². The average molecular weight is 252 g/mol. The van der Waals surface area contributed by atoms with Gasteiger partial charge in [0.15, 0.2) is 0 Å². The molecule has 2 rings (SSSR count). The summed E-state index contributed by atoms with van der Waals surface area (Å²) < 4.78 is 18.9. The normalized spacial score (nSPS) is 19.9. The van der Waals surface area contributed by atoms with Gasteiger partial charge in [0.2, 0.25) is 0 Å². The fraction of sp³-hybridized carbons (Fsp3) is 0.571. The van der Waals surface area contributed by atoms with Crippen LogP contribution in [0, 0.1) is 5.82 Å². The first kappa shape index (κ1) is 13.5. The molecular weight excluding hydrogens is 231 g/mol. The fourth-order valence-electron chi connectivity index (χ4n) is 2.48. The number of piperidine rings is 1. The lowest BCUT2D eigenvalue weighted by Crippen LogP contribution is -2.40. The third kappa shape index (κ3) is 3.28. The molecule has 0 radical (unpaired) electrons. The minimum Gasteiger partial charge on any atom is -0.381 e. The van der Waals surface area contributed by atoms with Crippen LogP contribution in [0.3, 0.4) is 0 Å². The van der Waals surface area contributed by atoms with Gasteiger partial charge in [0.1, 0.15) is 5.82 Å². The van der Waals surface area contributed by atoms with Gasteiger partial charge in [-0.2, -0.15) is 0 Å². The molecule has 1 atom stereocenters. The number of halogens is 1. The van der Waals surface area contributed by atoms with Crippen molar-refractivity contribution in [3.63, 3.8) is 0 Å². The number of hydrogen-bond acceptors (Lipinski definition) is 3. The number of likely N-dealkylation sites (tertiary alicyclic amines) is 1. The second kappa shape index (κ2) is 6.27. The van der Waals surface area contributed by atoms with Crippen LogP contribution in [0.25, 0.3) is 0 Å². The molecule has 3 nitrogen and oxygen atoms in total. The molecule has 1 aromatic carbocycles. The van der Waals surface area contributed by atoms with Crippen LogP contribution in [0.2, 0.25) is 0 Å². The number of nitrogens with two attached hydrogens (primary N) is 1. The SMILES string of the molecule is COC1CCN(CC(N)c2ccccc2F)CC1. The van der Waals surface area contributed by atoms with Crippen LogP contribution in [0.1, 0.15) is 24.4 Å². The topological polar surface area (TPSA) is 38.5 Å². The monoisotopic (exact) mass is 252 g/mol. The molecule has 0 bridgehead atoms. The highest BCUT2D eigenvalue weighted by Crippen LogP contribution is 2.19. The lowest BCUT2D eigenvalue weighted by atomic mass is 10.0. The molecule has 0 spiro atoms. The average Bonchev–Trinajstić information content (AvgIpc) is 2.40. The molecule has 1 fully saturated rings. The fourth-order valence-corrected chi connectivity index (χ4v) is 2.48. The predicted molar refractivity (Wildman–Crippen MR) is 69.8 cm³/mol. The Labute approximate surface area is 108 Å². The van der Waals surface area contributed by atoms with Gasteiger partial charge in [-0.15, -0.1) is 0 Å². The lowest BCUT2D eigenvalue weighted by Gasteiger charge is -2.32.